The summed E-state index contributed by atoms with van der Waals surface area (Å²) >= 11 is 3.48. The Balaban J connectivity index is 1.91. The Morgan fingerprint density at radius 1 is 1.37 bits per heavy atom. The quantitative estimate of drug-likeness (QED) is 0.784. The highest BCUT2D eigenvalue weighted by atomic mass is 79.9. The van der Waals surface area contributed by atoms with Gasteiger partial charge in [0.15, 0.2) is 11.5 Å². The van der Waals surface area contributed by atoms with E-state index in [9.17, 15) is 4.79 Å². The molecular formula is C14H16BrNO3. The van der Waals surface area contributed by atoms with Crippen molar-refractivity contribution in [1.29, 1.82) is 0 Å². The van der Waals surface area contributed by atoms with Crippen LogP contribution in [0.3, 0.4) is 0 Å². The molecule has 0 radical (unpaired) electrons. The molecule has 0 aromatic heterocycles. The molecule has 0 spiro atoms. The lowest BCUT2D eigenvalue weighted by atomic mass is 10.1. The largest absolute Gasteiger partial charge is 0.486 e. The molecule has 102 valence electrons. The van der Waals surface area contributed by atoms with Crippen molar-refractivity contribution in [2.24, 2.45) is 0 Å². The molecule has 0 aliphatic carbocycles. The van der Waals surface area contributed by atoms with Gasteiger partial charge >= 0.3 is 0 Å². The average molecular weight is 326 g/mol. The van der Waals surface area contributed by atoms with Crippen LogP contribution < -0.4 is 9.47 Å². The molecular weight excluding hydrogens is 310 g/mol. The molecule has 2 aliphatic heterocycles. The number of likely N-dealkylation sites (tertiary alicyclic amines) is 1. The molecule has 0 saturated carbocycles. The van der Waals surface area contributed by atoms with Gasteiger partial charge in [-0.2, -0.15) is 0 Å². The smallest absolute Gasteiger partial charge is 0.258 e. The third-order valence-electron chi connectivity index (χ3n) is 3.61. The van der Waals surface area contributed by atoms with Crippen molar-refractivity contribution in [3.8, 4) is 11.5 Å². The molecule has 0 bridgehead atoms. The summed E-state index contributed by atoms with van der Waals surface area (Å²) in [4.78, 5) is 14.6. The van der Waals surface area contributed by atoms with Crippen molar-refractivity contribution >= 4 is 21.8 Å². The lowest BCUT2D eigenvalue weighted by Crippen LogP contribution is -2.37. The van der Waals surface area contributed by atoms with Crippen LogP contribution in [0.5, 0.6) is 11.5 Å². The summed E-state index contributed by atoms with van der Waals surface area (Å²) in [6.45, 7) is 1.86. The lowest BCUT2D eigenvalue weighted by Gasteiger charge is -2.26. The van der Waals surface area contributed by atoms with E-state index < -0.39 is 0 Å². The van der Waals surface area contributed by atoms with Crippen LogP contribution in [0.4, 0.5) is 0 Å². The zero-order valence-electron chi connectivity index (χ0n) is 10.6. The minimum atomic E-state index is 0.0456. The van der Waals surface area contributed by atoms with Crippen LogP contribution in [0.25, 0.3) is 0 Å². The van der Waals surface area contributed by atoms with E-state index >= 15 is 0 Å². The van der Waals surface area contributed by atoms with Gasteiger partial charge in [-0.15, -0.1) is 0 Å². The zero-order valence-corrected chi connectivity index (χ0v) is 12.2. The number of rotatable bonds is 2. The van der Waals surface area contributed by atoms with Crippen LogP contribution in [-0.2, 0) is 0 Å². The van der Waals surface area contributed by atoms with Gasteiger partial charge in [0.1, 0.15) is 13.2 Å². The van der Waals surface area contributed by atoms with Crippen LogP contribution >= 0.6 is 15.9 Å². The fourth-order valence-electron chi connectivity index (χ4n) is 2.66. The number of carbonyl (C=O) groups excluding carboxylic acids is 1. The minimum absolute atomic E-state index is 0.0456. The average Bonchev–Trinajstić information content (AvgIpc) is 2.94. The first-order valence-corrected chi connectivity index (χ1v) is 7.69. The third kappa shape index (κ3) is 2.31. The molecule has 1 unspecified atom stereocenters. The monoisotopic (exact) mass is 325 g/mol. The summed E-state index contributed by atoms with van der Waals surface area (Å²) in [6, 6.07) is 5.80. The normalized spacial score (nSPS) is 21.5. The maximum Gasteiger partial charge on any atom is 0.258 e. The third-order valence-corrected chi connectivity index (χ3v) is 4.36. The van der Waals surface area contributed by atoms with E-state index in [2.05, 4.69) is 15.9 Å². The number of carbonyl (C=O) groups is 1. The fraction of sp³-hybridized carbons (Fsp3) is 0.500. The second-order valence-corrected chi connectivity index (χ2v) is 5.43. The Kier molecular flexibility index (Phi) is 3.64. The van der Waals surface area contributed by atoms with Crippen LogP contribution in [0.2, 0.25) is 0 Å². The van der Waals surface area contributed by atoms with Gasteiger partial charge in [-0.05, 0) is 25.0 Å². The highest BCUT2D eigenvalue weighted by Gasteiger charge is 2.31. The molecule has 0 N–H and O–H groups in total. The number of hydrogen-bond donors (Lipinski definition) is 0. The van der Waals surface area contributed by atoms with Gasteiger partial charge in [0.25, 0.3) is 5.91 Å². The van der Waals surface area contributed by atoms with E-state index in [1.165, 1.54) is 0 Å². The number of amides is 1. The van der Waals surface area contributed by atoms with E-state index in [1.54, 1.807) is 0 Å². The molecule has 4 nitrogen and oxygen atoms in total. The fourth-order valence-corrected chi connectivity index (χ4v) is 3.33. The second kappa shape index (κ2) is 5.41. The predicted molar refractivity (Wildman–Crippen MR) is 75.3 cm³/mol. The van der Waals surface area contributed by atoms with Crippen molar-refractivity contribution in [3.05, 3.63) is 23.8 Å². The van der Waals surface area contributed by atoms with Crippen LogP contribution in [-0.4, -0.2) is 41.9 Å². The molecule has 1 aromatic carbocycles. The molecule has 1 aromatic rings. The summed E-state index contributed by atoms with van der Waals surface area (Å²) < 4.78 is 11.1. The molecule has 1 amide bonds. The van der Waals surface area contributed by atoms with Crippen molar-refractivity contribution in [2.75, 3.05) is 25.1 Å². The van der Waals surface area contributed by atoms with Crippen molar-refractivity contribution < 1.29 is 14.3 Å². The van der Waals surface area contributed by atoms with Crippen LogP contribution in [0.15, 0.2) is 18.2 Å². The predicted octanol–water partition coefficient (Wildman–Crippen LogP) is 2.46. The molecule has 19 heavy (non-hydrogen) atoms. The molecule has 2 heterocycles. The van der Waals surface area contributed by atoms with E-state index in [-0.39, 0.29) is 11.9 Å². The topological polar surface area (TPSA) is 38.8 Å². The van der Waals surface area contributed by atoms with E-state index in [0.29, 0.717) is 30.3 Å². The summed E-state index contributed by atoms with van der Waals surface area (Å²) in [5.41, 5.74) is 0.616. The Labute approximate surface area is 120 Å². The minimum Gasteiger partial charge on any atom is -0.486 e. The van der Waals surface area contributed by atoms with Crippen molar-refractivity contribution in [3.63, 3.8) is 0 Å². The standard InChI is InChI=1S/C14H16BrNO3/c15-9-10-3-2-6-16(10)14(17)11-4-1-5-12-13(11)19-8-7-18-12/h1,4-5,10H,2-3,6-9H2. The SMILES string of the molecule is O=C(c1cccc2c1OCCO2)N1CCCC1CBr. The first-order chi connectivity index (χ1) is 9.31. The first kappa shape index (κ1) is 12.8. The van der Waals surface area contributed by atoms with Crippen molar-refractivity contribution in [1.82, 2.24) is 4.90 Å². The molecule has 1 saturated heterocycles. The van der Waals surface area contributed by atoms with Crippen LogP contribution in [0, 0.1) is 0 Å². The number of benzene rings is 1. The maximum atomic E-state index is 12.7. The number of para-hydroxylation sites is 1. The van der Waals surface area contributed by atoms with Gasteiger partial charge in [-0.1, -0.05) is 22.0 Å². The lowest BCUT2D eigenvalue weighted by molar-refractivity contribution is 0.0740. The van der Waals surface area contributed by atoms with Crippen molar-refractivity contribution in [2.45, 2.75) is 18.9 Å². The summed E-state index contributed by atoms with van der Waals surface area (Å²) in [6.07, 6.45) is 2.12. The second-order valence-electron chi connectivity index (χ2n) is 4.78. The van der Waals surface area contributed by atoms with Gasteiger partial charge in [-0.3, -0.25) is 4.79 Å². The Morgan fingerprint density at radius 2 is 2.21 bits per heavy atom. The Morgan fingerprint density at radius 3 is 3.05 bits per heavy atom. The van der Waals surface area contributed by atoms with Gasteiger partial charge in [0.05, 0.1) is 5.56 Å². The van der Waals surface area contributed by atoms with Gasteiger partial charge in [-0.25, -0.2) is 0 Å². The molecule has 3 rings (SSSR count). The van der Waals surface area contributed by atoms with Crippen LogP contribution in [0.1, 0.15) is 23.2 Å². The summed E-state index contributed by atoms with van der Waals surface area (Å²) in [5.74, 6) is 1.31. The Bertz CT molecular complexity index is 492. The number of ether oxygens (including phenoxy) is 2. The Hall–Kier alpha value is -1.23. The highest BCUT2D eigenvalue weighted by Crippen LogP contribution is 2.35. The maximum absolute atomic E-state index is 12.7. The van der Waals surface area contributed by atoms with E-state index in [0.717, 1.165) is 24.7 Å². The van der Waals surface area contributed by atoms with Gasteiger partial charge in [0, 0.05) is 17.9 Å². The molecule has 1 atom stereocenters. The van der Waals surface area contributed by atoms with Gasteiger partial charge in [0.2, 0.25) is 0 Å². The number of alkyl halides is 1. The number of halogens is 1. The number of hydrogen-bond acceptors (Lipinski definition) is 3. The molecule has 1 fully saturated rings. The highest BCUT2D eigenvalue weighted by molar-refractivity contribution is 9.09. The number of nitrogens with zero attached hydrogens (tertiary/aromatic N) is 1. The summed E-state index contributed by atoms with van der Waals surface area (Å²) in [5, 5.41) is 0.825. The van der Waals surface area contributed by atoms with E-state index in [4.69, 9.17) is 9.47 Å². The molecule has 5 heteroatoms. The molecule has 2 aliphatic rings. The van der Waals surface area contributed by atoms with E-state index in [1.807, 2.05) is 23.1 Å². The van der Waals surface area contributed by atoms with Gasteiger partial charge < -0.3 is 14.4 Å². The zero-order chi connectivity index (χ0) is 13.2. The first-order valence-electron chi connectivity index (χ1n) is 6.57. The summed E-state index contributed by atoms with van der Waals surface area (Å²) in [7, 11) is 0. The number of fused-ring (bicyclic) bond motifs is 1.